The number of aromatic nitrogens is 2. The number of fused-ring (bicyclic) bond motifs is 1. The minimum absolute atomic E-state index is 0.331. The Kier molecular flexibility index (Phi) is 3.98. The van der Waals surface area contributed by atoms with Crippen LogP contribution in [-0.2, 0) is 4.79 Å². The van der Waals surface area contributed by atoms with Crippen molar-refractivity contribution in [2.24, 2.45) is 5.73 Å². The SMILES string of the molecule is Cc1sc2nc(-c3cccs3)nc(N3CC(O)CC3C(N)=O)c2c1C. The molecule has 1 saturated heterocycles. The van der Waals surface area contributed by atoms with Crippen LogP contribution < -0.4 is 10.6 Å². The third-order valence-corrected chi connectivity index (χ3v) is 6.60. The van der Waals surface area contributed by atoms with E-state index in [4.69, 9.17) is 15.7 Å². The van der Waals surface area contributed by atoms with Gasteiger partial charge in [0.15, 0.2) is 5.82 Å². The van der Waals surface area contributed by atoms with Gasteiger partial charge in [-0.2, -0.15) is 0 Å². The summed E-state index contributed by atoms with van der Waals surface area (Å²) in [5.41, 5.74) is 6.69. The fourth-order valence-corrected chi connectivity index (χ4v) is 4.95. The standard InChI is InChI=1S/C17H18N4O2S2/c1-8-9(2)25-17-13(8)16(19-15(20-17)12-4-3-5-24-12)21-7-10(22)6-11(21)14(18)23/h3-5,10-11,22H,6-7H2,1-2H3,(H2,18,23). The largest absolute Gasteiger partial charge is 0.391 e. The zero-order chi connectivity index (χ0) is 17.7. The lowest BCUT2D eigenvalue weighted by Gasteiger charge is -2.24. The Morgan fingerprint density at radius 1 is 1.40 bits per heavy atom. The van der Waals surface area contributed by atoms with Gasteiger partial charge in [-0.15, -0.1) is 22.7 Å². The van der Waals surface area contributed by atoms with E-state index in [0.717, 1.165) is 20.7 Å². The first-order valence-corrected chi connectivity index (χ1v) is 9.71. The Morgan fingerprint density at radius 2 is 2.20 bits per heavy atom. The number of aliphatic hydroxyl groups is 1. The minimum atomic E-state index is -0.590. The number of aryl methyl sites for hydroxylation is 2. The molecular formula is C17H18N4O2S2. The number of β-amino-alcohol motifs (C(OH)–C–C–N with tert-alkyl or cyclic N) is 1. The predicted molar refractivity (Wildman–Crippen MR) is 101 cm³/mol. The van der Waals surface area contributed by atoms with Crippen molar-refractivity contribution in [1.82, 2.24) is 9.97 Å². The van der Waals surface area contributed by atoms with E-state index >= 15 is 0 Å². The molecule has 130 valence electrons. The van der Waals surface area contributed by atoms with Crippen molar-refractivity contribution in [1.29, 1.82) is 0 Å². The highest BCUT2D eigenvalue weighted by Gasteiger charge is 2.37. The molecule has 6 nitrogen and oxygen atoms in total. The maximum atomic E-state index is 11.9. The number of aliphatic hydroxyl groups excluding tert-OH is 1. The fraction of sp³-hybridized carbons (Fsp3) is 0.353. The number of thiophene rings is 2. The van der Waals surface area contributed by atoms with E-state index in [1.807, 2.05) is 29.3 Å². The Bertz CT molecular complexity index is 951. The van der Waals surface area contributed by atoms with E-state index in [2.05, 4.69) is 6.92 Å². The summed E-state index contributed by atoms with van der Waals surface area (Å²) in [5, 5.41) is 13.0. The number of hydrogen-bond donors (Lipinski definition) is 2. The van der Waals surface area contributed by atoms with Crippen LogP contribution in [0, 0.1) is 13.8 Å². The highest BCUT2D eigenvalue weighted by molar-refractivity contribution is 7.19. The second-order valence-electron chi connectivity index (χ2n) is 6.27. The molecule has 0 saturated carbocycles. The van der Waals surface area contributed by atoms with E-state index < -0.39 is 18.1 Å². The number of hydrogen-bond acceptors (Lipinski definition) is 7. The number of carbonyl (C=O) groups excluding carboxylic acids is 1. The van der Waals surface area contributed by atoms with Crippen LogP contribution in [0.2, 0.25) is 0 Å². The molecule has 3 aromatic rings. The van der Waals surface area contributed by atoms with Gasteiger partial charge in [0, 0.05) is 17.8 Å². The number of carbonyl (C=O) groups is 1. The molecule has 0 spiro atoms. The van der Waals surface area contributed by atoms with E-state index in [1.54, 1.807) is 22.7 Å². The number of rotatable bonds is 3. The molecule has 4 rings (SSSR count). The Balaban J connectivity index is 1.96. The van der Waals surface area contributed by atoms with Gasteiger partial charge in [-0.3, -0.25) is 4.79 Å². The molecule has 1 aliphatic rings. The highest BCUT2D eigenvalue weighted by Crippen LogP contribution is 2.39. The molecule has 0 radical (unpaired) electrons. The normalized spacial score (nSPS) is 20.5. The van der Waals surface area contributed by atoms with Crippen molar-refractivity contribution >= 4 is 44.6 Å². The monoisotopic (exact) mass is 374 g/mol. The molecule has 2 unspecified atom stereocenters. The van der Waals surface area contributed by atoms with Crippen LogP contribution in [0.3, 0.4) is 0 Å². The summed E-state index contributed by atoms with van der Waals surface area (Å²) in [4.78, 5) is 26.3. The topological polar surface area (TPSA) is 92.3 Å². The summed E-state index contributed by atoms with van der Waals surface area (Å²) in [6, 6.07) is 3.39. The van der Waals surface area contributed by atoms with E-state index in [1.165, 1.54) is 4.88 Å². The van der Waals surface area contributed by atoms with Crippen LogP contribution in [-0.4, -0.2) is 39.7 Å². The van der Waals surface area contributed by atoms with Crippen LogP contribution >= 0.6 is 22.7 Å². The number of anilines is 1. The van der Waals surface area contributed by atoms with Crippen molar-refractivity contribution in [2.45, 2.75) is 32.4 Å². The molecule has 1 aliphatic heterocycles. The van der Waals surface area contributed by atoms with Gasteiger partial charge in [-0.1, -0.05) is 6.07 Å². The quantitative estimate of drug-likeness (QED) is 0.735. The lowest BCUT2D eigenvalue weighted by molar-refractivity contribution is -0.119. The first-order chi connectivity index (χ1) is 12.0. The maximum Gasteiger partial charge on any atom is 0.240 e. The Labute approximate surface area is 152 Å². The Hall–Kier alpha value is -2.03. The molecule has 4 heterocycles. The maximum absolute atomic E-state index is 11.9. The van der Waals surface area contributed by atoms with Crippen LogP contribution in [0.5, 0.6) is 0 Å². The molecule has 2 atom stereocenters. The van der Waals surface area contributed by atoms with Gasteiger partial charge in [0.05, 0.1) is 16.4 Å². The summed E-state index contributed by atoms with van der Waals surface area (Å²) < 4.78 is 0. The number of amides is 1. The van der Waals surface area contributed by atoms with Crippen molar-refractivity contribution < 1.29 is 9.90 Å². The van der Waals surface area contributed by atoms with Crippen molar-refractivity contribution in [3.8, 4) is 10.7 Å². The van der Waals surface area contributed by atoms with Gasteiger partial charge >= 0.3 is 0 Å². The van der Waals surface area contributed by atoms with Crippen LogP contribution in [0.4, 0.5) is 5.82 Å². The average Bonchev–Trinajstić information content (AvgIpc) is 3.27. The predicted octanol–water partition coefficient (Wildman–Crippen LogP) is 2.46. The Morgan fingerprint density at radius 3 is 2.88 bits per heavy atom. The van der Waals surface area contributed by atoms with E-state index in [0.29, 0.717) is 24.6 Å². The zero-order valence-electron chi connectivity index (χ0n) is 13.9. The third-order valence-electron chi connectivity index (χ3n) is 4.63. The van der Waals surface area contributed by atoms with Gasteiger partial charge in [-0.25, -0.2) is 9.97 Å². The first kappa shape index (κ1) is 16.4. The second-order valence-corrected chi connectivity index (χ2v) is 8.42. The second kappa shape index (κ2) is 6.05. The molecule has 0 aliphatic carbocycles. The fourth-order valence-electron chi connectivity index (χ4n) is 3.27. The third kappa shape index (κ3) is 2.70. The van der Waals surface area contributed by atoms with Crippen LogP contribution in [0.25, 0.3) is 20.9 Å². The van der Waals surface area contributed by atoms with Gasteiger partial charge in [-0.05, 0) is 30.9 Å². The summed E-state index contributed by atoms with van der Waals surface area (Å²) in [5.74, 6) is 0.893. The van der Waals surface area contributed by atoms with Gasteiger partial charge in [0.25, 0.3) is 0 Å². The van der Waals surface area contributed by atoms with Gasteiger partial charge < -0.3 is 15.7 Å². The summed E-state index contributed by atoms with van der Waals surface area (Å²) in [6.07, 6.45) is -0.259. The van der Waals surface area contributed by atoms with E-state index in [-0.39, 0.29) is 0 Å². The average molecular weight is 374 g/mol. The number of nitrogens with two attached hydrogens (primary N) is 1. The smallest absolute Gasteiger partial charge is 0.240 e. The van der Waals surface area contributed by atoms with Crippen molar-refractivity contribution in [2.75, 3.05) is 11.4 Å². The molecule has 25 heavy (non-hydrogen) atoms. The van der Waals surface area contributed by atoms with Crippen molar-refractivity contribution in [3.63, 3.8) is 0 Å². The van der Waals surface area contributed by atoms with Crippen LogP contribution in [0.15, 0.2) is 17.5 Å². The first-order valence-electron chi connectivity index (χ1n) is 8.01. The highest BCUT2D eigenvalue weighted by atomic mass is 32.1. The zero-order valence-corrected chi connectivity index (χ0v) is 15.5. The minimum Gasteiger partial charge on any atom is -0.391 e. The van der Waals surface area contributed by atoms with Crippen molar-refractivity contribution in [3.05, 3.63) is 28.0 Å². The van der Waals surface area contributed by atoms with Gasteiger partial charge in [0.2, 0.25) is 5.91 Å². The molecule has 3 N–H and O–H groups in total. The molecule has 0 aromatic carbocycles. The number of primary amides is 1. The summed E-state index contributed by atoms with van der Waals surface area (Å²) in [7, 11) is 0. The summed E-state index contributed by atoms with van der Waals surface area (Å²) in [6.45, 7) is 4.44. The molecule has 1 fully saturated rings. The molecular weight excluding hydrogens is 356 g/mol. The lowest BCUT2D eigenvalue weighted by Crippen LogP contribution is -2.41. The molecule has 3 aromatic heterocycles. The molecule has 1 amide bonds. The number of nitrogens with zero attached hydrogens (tertiary/aromatic N) is 3. The van der Waals surface area contributed by atoms with E-state index in [9.17, 15) is 9.90 Å². The molecule has 8 heteroatoms. The van der Waals surface area contributed by atoms with Crippen LogP contribution in [0.1, 0.15) is 16.9 Å². The molecule has 0 bridgehead atoms. The summed E-state index contributed by atoms with van der Waals surface area (Å²) >= 11 is 3.20. The lowest BCUT2D eigenvalue weighted by atomic mass is 10.1. The van der Waals surface area contributed by atoms with Gasteiger partial charge in [0.1, 0.15) is 16.7 Å².